The molecular formula is C17H27NO2. The van der Waals surface area contributed by atoms with Crippen LogP contribution >= 0.6 is 0 Å². The molecule has 1 aromatic rings. The van der Waals surface area contributed by atoms with Crippen LogP contribution in [0.15, 0.2) is 18.2 Å². The molecule has 3 nitrogen and oxygen atoms in total. The number of hydrogen-bond donors (Lipinski definition) is 1. The van der Waals surface area contributed by atoms with Gasteiger partial charge < -0.3 is 14.7 Å². The van der Waals surface area contributed by atoms with Crippen molar-refractivity contribution in [3.63, 3.8) is 0 Å². The first-order chi connectivity index (χ1) is 9.67. The summed E-state index contributed by atoms with van der Waals surface area (Å²) in [6.45, 7) is 6.25. The van der Waals surface area contributed by atoms with Gasteiger partial charge in [-0.3, -0.25) is 0 Å². The lowest BCUT2D eigenvalue weighted by Crippen LogP contribution is -2.26. The van der Waals surface area contributed by atoms with E-state index < -0.39 is 6.10 Å². The fourth-order valence-corrected chi connectivity index (χ4v) is 3.22. The lowest BCUT2D eigenvalue weighted by atomic mass is 9.98. The van der Waals surface area contributed by atoms with E-state index in [1.165, 1.54) is 25.7 Å². The number of anilines is 1. The van der Waals surface area contributed by atoms with Crippen molar-refractivity contribution in [2.75, 3.05) is 25.1 Å². The Bertz CT molecular complexity index is 431. The van der Waals surface area contributed by atoms with E-state index in [-0.39, 0.29) is 0 Å². The first-order valence-electron chi connectivity index (χ1n) is 7.77. The number of benzene rings is 1. The van der Waals surface area contributed by atoms with Gasteiger partial charge in [0, 0.05) is 24.3 Å². The van der Waals surface area contributed by atoms with Crippen LogP contribution < -0.4 is 9.64 Å². The van der Waals surface area contributed by atoms with Gasteiger partial charge in [-0.2, -0.15) is 0 Å². The molecule has 2 atom stereocenters. The Labute approximate surface area is 122 Å². The third-order valence-electron chi connectivity index (χ3n) is 4.45. The van der Waals surface area contributed by atoms with E-state index in [2.05, 4.69) is 17.9 Å². The molecule has 3 heteroatoms. The molecule has 0 radical (unpaired) electrons. The minimum absolute atomic E-state index is 0.508. The largest absolute Gasteiger partial charge is 0.496 e. The first-order valence-corrected chi connectivity index (χ1v) is 7.77. The van der Waals surface area contributed by atoms with Crippen LogP contribution in [0.4, 0.5) is 5.69 Å². The van der Waals surface area contributed by atoms with Crippen molar-refractivity contribution in [3.8, 4) is 5.75 Å². The second-order valence-electron chi connectivity index (χ2n) is 5.76. The lowest BCUT2D eigenvalue weighted by molar-refractivity contribution is 0.194. The van der Waals surface area contributed by atoms with Gasteiger partial charge in [0.2, 0.25) is 0 Å². The van der Waals surface area contributed by atoms with Crippen LogP contribution in [0.5, 0.6) is 5.75 Å². The molecular weight excluding hydrogens is 250 g/mol. The van der Waals surface area contributed by atoms with Gasteiger partial charge >= 0.3 is 0 Å². The standard InChI is InChI=1S/C17H27NO2/c1-4-14-7-6-11-18(12-10-14)15-8-5-9-16(20-3)17(15)13(2)19/h5,8-9,13-14,19H,4,6-7,10-12H2,1-3H3/t13-,14?/m0/s1. The van der Waals surface area contributed by atoms with E-state index in [1.807, 2.05) is 19.1 Å². The first kappa shape index (κ1) is 15.2. The predicted molar refractivity (Wildman–Crippen MR) is 83.5 cm³/mol. The van der Waals surface area contributed by atoms with Gasteiger partial charge in [0.05, 0.1) is 13.2 Å². The molecule has 1 unspecified atom stereocenters. The number of hydrogen-bond acceptors (Lipinski definition) is 3. The summed E-state index contributed by atoms with van der Waals surface area (Å²) in [4.78, 5) is 2.42. The summed E-state index contributed by atoms with van der Waals surface area (Å²) >= 11 is 0. The van der Waals surface area contributed by atoms with Crippen molar-refractivity contribution in [2.24, 2.45) is 5.92 Å². The Balaban J connectivity index is 2.27. The summed E-state index contributed by atoms with van der Waals surface area (Å²) in [6, 6.07) is 6.05. The minimum Gasteiger partial charge on any atom is -0.496 e. The van der Waals surface area contributed by atoms with Crippen molar-refractivity contribution in [1.29, 1.82) is 0 Å². The van der Waals surface area contributed by atoms with Crippen LogP contribution in [0, 0.1) is 5.92 Å². The minimum atomic E-state index is -0.508. The summed E-state index contributed by atoms with van der Waals surface area (Å²) in [5.74, 6) is 1.63. The average Bonchev–Trinajstić information content (AvgIpc) is 2.71. The Kier molecular flexibility index (Phi) is 5.30. The highest BCUT2D eigenvalue weighted by Gasteiger charge is 2.21. The quantitative estimate of drug-likeness (QED) is 0.909. The molecule has 0 aromatic heterocycles. The number of rotatable bonds is 4. The van der Waals surface area contributed by atoms with Gasteiger partial charge in [-0.1, -0.05) is 19.4 Å². The number of ether oxygens (including phenoxy) is 1. The zero-order chi connectivity index (χ0) is 14.5. The van der Waals surface area contributed by atoms with Gasteiger partial charge in [-0.25, -0.2) is 0 Å². The number of aliphatic hydroxyl groups excluding tert-OH is 1. The molecule has 1 aromatic carbocycles. The summed E-state index contributed by atoms with van der Waals surface area (Å²) in [5, 5.41) is 10.1. The van der Waals surface area contributed by atoms with Crippen molar-refractivity contribution < 1.29 is 9.84 Å². The molecule has 0 spiro atoms. The highest BCUT2D eigenvalue weighted by Crippen LogP contribution is 2.36. The molecule has 0 bridgehead atoms. The molecule has 0 amide bonds. The smallest absolute Gasteiger partial charge is 0.126 e. The molecule has 1 saturated heterocycles. The van der Waals surface area contributed by atoms with E-state index in [9.17, 15) is 5.11 Å². The second-order valence-corrected chi connectivity index (χ2v) is 5.76. The van der Waals surface area contributed by atoms with E-state index in [0.29, 0.717) is 0 Å². The Morgan fingerprint density at radius 1 is 1.35 bits per heavy atom. The molecule has 2 rings (SSSR count). The topological polar surface area (TPSA) is 32.7 Å². The fraction of sp³-hybridized carbons (Fsp3) is 0.647. The van der Waals surface area contributed by atoms with E-state index in [0.717, 1.165) is 36.0 Å². The van der Waals surface area contributed by atoms with E-state index in [1.54, 1.807) is 7.11 Å². The molecule has 0 saturated carbocycles. The highest BCUT2D eigenvalue weighted by atomic mass is 16.5. The molecule has 1 fully saturated rings. The van der Waals surface area contributed by atoms with Crippen molar-refractivity contribution in [3.05, 3.63) is 23.8 Å². The van der Waals surface area contributed by atoms with Crippen LogP contribution in [-0.2, 0) is 0 Å². The summed E-state index contributed by atoms with van der Waals surface area (Å²) < 4.78 is 5.42. The Morgan fingerprint density at radius 3 is 2.80 bits per heavy atom. The maximum atomic E-state index is 10.1. The highest BCUT2D eigenvalue weighted by molar-refractivity contribution is 5.60. The van der Waals surface area contributed by atoms with Gasteiger partial charge in [0.1, 0.15) is 5.75 Å². The molecule has 20 heavy (non-hydrogen) atoms. The molecule has 112 valence electrons. The third kappa shape index (κ3) is 3.26. The van der Waals surface area contributed by atoms with Crippen LogP contribution in [0.3, 0.4) is 0 Å². The van der Waals surface area contributed by atoms with Crippen LogP contribution in [-0.4, -0.2) is 25.3 Å². The van der Waals surface area contributed by atoms with Crippen LogP contribution in [0.2, 0.25) is 0 Å². The number of aliphatic hydroxyl groups is 1. The Hall–Kier alpha value is -1.22. The average molecular weight is 277 g/mol. The lowest BCUT2D eigenvalue weighted by Gasteiger charge is -2.27. The zero-order valence-electron chi connectivity index (χ0n) is 12.9. The molecule has 1 N–H and O–H groups in total. The number of methoxy groups -OCH3 is 1. The van der Waals surface area contributed by atoms with Crippen molar-refractivity contribution >= 4 is 5.69 Å². The second kappa shape index (κ2) is 6.98. The molecule has 1 aliphatic heterocycles. The predicted octanol–water partition coefficient (Wildman–Crippen LogP) is 3.77. The normalized spacial score (nSPS) is 21.4. The maximum absolute atomic E-state index is 10.1. The van der Waals surface area contributed by atoms with Gasteiger partial charge in [-0.05, 0) is 44.2 Å². The van der Waals surface area contributed by atoms with Gasteiger partial charge in [-0.15, -0.1) is 0 Å². The van der Waals surface area contributed by atoms with Crippen molar-refractivity contribution in [2.45, 2.75) is 45.6 Å². The SMILES string of the molecule is CCC1CCCN(c2cccc(OC)c2[C@H](C)O)CC1. The molecule has 1 aliphatic rings. The van der Waals surface area contributed by atoms with Gasteiger partial charge in [0.25, 0.3) is 0 Å². The third-order valence-corrected chi connectivity index (χ3v) is 4.45. The van der Waals surface area contributed by atoms with Crippen LogP contribution in [0.25, 0.3) is 0 Å². The van der Waals surface area contributed by atoms with Crippen LogP contribution in [0.1, 0.15) is 51.2 Å². The van der Waals surface area contributed by atoms with Gasteiger partial charge in [0.15, 0.2) is 0 Å². The maximum Gasteiger partial charge on any atom is 0.126 e. The monoisotopic (exact) mass is 277 g/mol. The summed E-state index contributed by atoms with van der Waals surface area (Å²) in [6.07, 6.45) is 4.56. The van der Waals surface area contributed by atoms with Crippen molar-refractivity contribution in [1.82, 2.24) is 0 Å². The molecule has 0 aliphatic carbocycles. The zero-order valence-corrected chi connectivity index (χ0v) is 12.9. The number of nitrogens with zero attached hydrogens (tertiary/aromatic N) is 1. The van der Waals surface area contributed by atoms with E-state index >= 15 is 0 Å². The Morgan fingerprint density at radius 2 is 2.15 bits per heavy atom. The summed E-state index contributed by atoms with van der Waals surface area (Å²) in [7, 11) is 1.67. The summed E-state index contributed by atoms with van der Waals surface area (Å²) in [5.41, 5.74) is 2.06. The molecule has 1 heterocycles. The van der Waals surface area contributed by atoms with E-state index in [4.69, 9.17) is 4.74 Å². The fourth-order valence-electron chi connectivity index (χ4n) is 3.22.